The molecule has 1 aliphatic rings. The number of carbonyl (C=O) groups excluding carboxylic acids is 3. The third-order valence-electron chi connectivity index (χ3n) is 6.21. The molecular weight excluding hydrogens is 459 g/mol. The Balaban J connectivity index is 1.53. The first-order valence-electron chi connectivity index (χ1n) is 11.5. The van der Waals surface area contributed by atoms with Crippen molar-refractivity contribution >= 4 is 23.4 Å². The number of anilines is 1. The molecule has 2 amide bonds. The number of aromatic nitrogens is 2. The van der Waals surface area contributed by atoms with Crippen LogP contribution in [0.4, 0.5) is 10.2 Å². The lowest BCUT2D eigenvalue weighted by Crippen LogP contribution is -2.38. The largest absolute Gasteiger partial charge is 0.356 e. The number of carbonyl (C=O) groups is 3. The summed E-state index contributed by atoms with van der Waals surface area (Å²) < 4.78 is 13.2. The lowest BCUT2D eigenvalue weighted by atomic mass is 9.93. The maximum Gasteiger partial charge on any atom is 0.256 e. The number of nitrogens with zero attached hydrogens (tertiary/aromatic N) is 2. The zero-order chi connectivity index (χ0) is 25.2. The third kappa shape index (κ3) is 4.65. The van der Waals surface area contributed by atoms with Gasteiger partial charge in [0.25, 0.3) is 5.91 Å². The van der Waals surface area contributed by atoms with E-state index in [2.05, 4.69) is 15.3 Å². The lowest BCUT2D eigenvalue weighted by molar-refractivity contribution is -0.129. The zero-order valence-electron chi connectivity index (χ0n) is 19.5. The number of benzene rings is 2. The molecule has 36 heavy (non-hydrogen) atoms. The summed E-state index contributed by atoms with van der Waals surface area (Å²) in [6.45, 7) is 1.81. The monoisotopic (exact) mass is 482 g/mol. The molecule has 0 radical (unpaired) electrons. The molecule has 0 aliphatic carbocycles. The molecule has 0 saturated heterocycles. The molecule has 0 spiro atoms. The Morgan fingerprint density at radius 3 is 2.53 bits per heavy atom. The second kappa shape index (κ2) is 9.58. The molecule has 2 N–H and O–H groups in total. The van der Waals surface area contributed by atoms with Crippen LogP contribution in [0.1, 0.15) is 44.5 Å². The topological polar surface area (TPSA) is 95.2 Å². The number of hydrogen-bond donors (Lipinski definition) is 2. The number of hydrogen-bond acceptors (Lipinski definition) is 4. The highest BCUT2D eigenvalue weighted by Crippen LogP contribution is 2.34. The van der Waals surface area contributed by atoms with Gasteiger partial charge in [0, 0.05) is 41.9 Å². The minimum atomic E-state index is -0.425. The van der Waals surface area contributed by atoms with Gasteiger partial charge >= 0.3 is 0 Å². The summed E-state index contributed by atoms with van der Waals surface area (Å²) in [5, 5.41) is 2.74. The van der Waals surface area contributed by atoms with Gasteiger partial charge in [-0.25, -0.2) is 9.37 Å². The Morgan fingerprint density at radius 1 is 1.06 bits per heavy atom. The SMILES string of the molecule is CC(=O)N1CC(=O)c2c([nH]c(-c3ccnc(NC(=O)c4ccc(F)cc4)c3)c2Cc2ccccc2)C1. The predicted molar refractivity (Wildman–Crippen MR) is 133 cm³/mol. The van der Waals surface area contributed by atoms with Gasteiger partial charge in [0.2, 0.25) is 5.91 Å². The average molecular weight is 483 g/mol. The number of fused-ring (bicyclic) bond motifs is 1. The molecule has 1 aliphatic heterocycles. The summed E-state index contributed by atoms with van der Waals surface area (Å²) in [5.74, 6) is -0.798. The third-order valence-corrected chi connectivity index (χ3v) is 6.21. The maximum absolute atomic E-state index is 13.2. The number of halogens is 1. The van der Waals surface area contributed by atoms with Gasteiger partial charge in [-0.3, -0.25) is 14.4 Å². The fourth-order valence-corrected chi connectivity index (χ4v) is 4.44. The van der Waals surface area contributed by atoms with Crippen LogP contribution in [0.3, 0.4) is 0 Å². The molecule has 2 aromatic heterocycles. The summed E-state index contributed by atoms with van der Waals surface area (Å²) in [5.41, 5.74) is 4.96. The number of nitrogens with one attached hydrogen (secondary N) is 2. The number of aromatic amines is 1. The standard InChI is InChI=1S/C28H23FN4O3/c1-17(34)33-15-23-26(24(35)16-33)22(13-18-5-3-2-4-6-18)27(31-23)20-11-12-30-25(14-20)32-28(36)19-7-9-21(29)10-8-19/h2-12,14,31H,13,15-16H2,1H3,(H,30,32,36). The summed E-state index contributed by atoms with van der Waals surface area (Å²) in [6.07, 6.45) is 2.10. The van der Waals surface area contributed by atoms with Gasteiger partial charge in [-0.05, 0) is 47.5 Å². The second-order valence-electron chi connectivity index (χ2n) is 8.68. The number of pyridine rings is 1. The fraction of sp³-hybridized carbons (Fsp3) is 0.143. The molecule has 0 unspecified atom stereocenters. The van der Waals surface area contributed by atoms with Crippen molar-refractivity contribution in [3.63, 3.8) is 0 Å². The normalized spacial score (nSPS) is 12.8. The van der Waals surface area contributed by atoms with Gasteiger partial charge in [-0.2, -0.15) is 0 Å². The Morgan fingerprint density at radius 2 is 1.81 bits per heavy atom. The molecule has 5 rings (SSSR count). The van der Waals surface area contributed by atoms with Gasteiger partial charge in [-0.1, -0.05) is 30.3 Å². The molecular formula is C28H23FN4O3. The molecule has 0 fully saturated rings. The summed E-state index contributed by atoms with van der Waals surface area (Å²) in [6, 6.07) is 18.6. The van der Waals surface area contributed by atoms with Gasteiger partial charge in [0.1, 0.15) is 11.6 Å². The van der Waals surface area contributed by atoms with E-state index in [0.717, 1.165) is 22.4 Å². The molecule has 7 nitrogen and oxygen atoms in total. The molecule has 180 valence electrons. The van der Waals surface area contributed by atoms with Crippen LogP contribution in [-0.4, -0.2) is 39.0 Å². The summed E-state index contributed by atoms with van der Waals surface area (Å²) in [4.78, 5) is 46.9. The fourth-order valence-electron chi connectivity index (χ4n) is 4.44. The molecule has 2 aromatic carbocycles. The second-order valence-corrected chi connectivity index (χ2v) is 8.68. The number of Topliss-reactive ketones (excluding diaryl/α,β-unsaturated/α-hetero) is 1. The van der Waals surface area contributed by atoms with Crippen LogP contribution in [0.15, 0.2) is 72.9 Å². The maximum atomic E-state index is 13.2. The molecule has 0 saturated carbocycles. The van der Waals surface area contributed by atoms with E-state index < -0.39 is 11.7 Å². The van der Waals surface area contributed by atoms with E-state index >= 15 is 0 Å². The molecule has 4 aromatic rings. The zero-order valence-corrected chi connectivity index (χ0v) is 19.5. The number of ketones is 1. The Bertz CT molecular complexity index is 1460. The smallest absolute Gasteiger partial charge is 0.256 e. The minimum Gasteiger partial charge on any atom is -0.356 e. The van der Waals surface area contributed by atoms with Crippen molar-refractivity contribution in [3.05, 3.63) is 107 Å². The van der Waals surface area contributed by atoms with Crippen molar-refractivity contribution < 1.29 is 18.8 Å². The van der Waals surface area contributed by atoms with Crippen LogP contribution < -0.4 is 5.32 Å². The predicted octanol–water partition coefficient (Wildman–Crippen LogP) is 4.60. The highest BCUT2D eigenvalue weighted by atomic mass is 19.1. The van der Waals surface area contributed by atoms with Crippen LogP contribution in [-0.2, 0) is 17.8 Å². The first-order valence-corrected chi connectivity index (χ1v) is 11.5. The molecule has 8 heteroatoms. The minimum absolute atomic E-state index is 0.0384. The van der Waals surface area contributed by atoms with Crippen LogP contribution in [0.2, 0.25) is 0 Å². The first kappa shape index (κ1) is 23.2. The Kier molecular flexibility index (Phi) is 6.16. The van der Waals surface area contributed by atoms with Crippen LogP contribution >= 0.6 is 0 Å². The van der Waals surface area contributed by atoms with E-state index in [1.54, 1.807) is 18.3 Å². The van der Waals surface area contributed by atoms with Crippen molar-refractivity contribution in [2.45, 2.75) is 19.9 Å². The van der Waals surface area contributed by atoms with Gasteiger partial charge in [0.05, 0.1) is 18.8 Å². The molecule has 3 heterocycles. The van der Waals surface area contributed by atoms with Gasteiger partial charge in [0.15, 0.2) is 5.78 Å². The number of amides is 2. The van der Waals surface area contributed by atoms with E-state index in [-0.39, 0.29) is 18.2 Å². The Hall–Kier alpha value is -4.59. The highest BCUT2D eigenvalue weighted by molar-refractivity contribution is 6.05. The first-order chi connectivity index (χ1) is 17.4. The highest BCUT2D eigenvalue weighted by Gasteiger charge is 2.31. The van der Waals surface area contributed by atoms with E-state index in [1.165, 1.54) is 36.1 Å². The van der Waals surface area contributed by atoms with E-state index in [0.29, 0.717) is 35.6 Å². The number of rotatable bonds is 5. The van der Waals surface area contributed by atoms with Gasteiger partial charge < -0.3 is 15.2 Å². The van der Waals surface area contributed by atoms with Crippen LogP contribution in [0.25, 0.3) is 11.3 Å². The van der Waals surface area contributed by atoms with Crippen LogP contribution in [0, 0.1) is 5.82 Å². The van der Waals surface area contributed by atoms with Crippen molar-refractivity contribution in [2.75, 3.05) is 11.9 Å². The summed E-state index contributed by atoms with van der Waals surface area (Å²) in [7, 11) is 0. The average Bonchev–Trinajstić information content (AvgIpc) is 3.24. The summed E-state index contributed by atoms with van der Waals surface area (Å²) >= 11 is 0. The molecule has 0 atom stereocenters. The van der Waals surface area contributed by atoms with Crippen molar-refractivity contribution in [2.24, 2.45) is 0 Å². The van der Waals surface area contributed by atoms with E-state index in [4.69, 9.17) is 0 Å². The van der Waals surface area contributed by atoms with Gasteiger partial charge in [-0.15, -0.1) is 0 Å². The molecule has 0 bridgehead atoms. The number of H-pyrrole nitrogens is 1. The van der Waals surface area contributed by atoms with Crippen molar-refractivity contribution in [3.8, 4) is 11.3 Å². The van der Waals surface area contributed by atoms with Crippen LogP contribution in [0.5, 0.6) is 0 Å². The Labute approximate surface area is 207 Å². The van der Waals surface area contributed by atoms with E-state index in [9.17, 15) is 18.8 Å². The van der Waals surface area contributed by atoms with Crippen molar-refractivity contribution in [1.29, 1.82) is 0 Å². The van der Waals surface area contributed by atoms with E-state index in [1.807, 2.05) is 30.3 Å². The quantitative estimate of drug-likeness (QED) is 0.435. The van der Waals surface area contributed by atoms with Crippen molar-refractivity contribution in [1.82, 2.24) is 14.9 Å². The lowest BCUT2D eigenvalue weighted by Gasteiger charge is -2.25.